The number of aryl methyl sites for hydroxylation is 1. The van der Waals surface area contributed by atoms with Crippen LogP contribution in [0.4, 0.5) is 4.39 Å². The topological polar surface area (TPSA) is 17.0 Å². The third-order valence-electron chi connectivity index (χ3n) is 2.49. The standard InChI is InChI=1S/C11H13FN2/c1-13-7-9-8-5-3-4-6-10(8)14(2)11(9)12/h3-6,13H,7H2,1-2H3. The molecule has 2 aromatic rings. The molecule has 0 amide bonds. The van der Waals surface area contributed by atoms with Crippen molar-refractivity contribution in [1.29, 1.82) is 0 Å². The molecule has 0 fully saturated rings. The van der Waals surface area contributed by atoms with E-state index >= 15 is 0 Å². The van der Waals surface area contributed by atoms with Gasteiger partial charge < -0.3 is 9.88 Å². The fourth-order valence-electron chi connectivity index (χ4n) is 1.79. The summed E-state index contributed by atoms with van der Waals surface area (Å²) in [5.74, 6) is -0.152. The van der Waals surface area contributed by atoms with Crippen LogP contribution in [0.5, 0.6) is 0 Å². The van der Waals surface area contributed by atoms with Gasteiger partial charge in [0.25, 0.3) is 0 Å². The van der Waals surface area contributed by atoms with Gasteiger partial charge in [-0.25, -0.2) is 0 Å². The zero-order valence-corrected chi connectivity index (χ0v) is 8.34. The molecular formula is C11H13FN2. The Bertz CT molecular complexity index is 460. The van der Waals surface area contributed by atoms with Crippen LogP contribution in [0.3, 0.4) is 0 Å². The largest absolute Gasteiger partial charge is 0.320 e. The van der Waals surface area contributed by atoms with E-state index in [1.807, 2.05) is 31.3 Å². The fraction of sp³-hybridized carbons (Fsp3) is 0.273. The van der Waals surface area contributed by atoms with Crippen LogP contribution in [-0.2, 0) is 13.6 Å². The number of nitrogens with one attached hydrogen (secondary N) is 1. The molecular weight excluding hydrogens is 179 g/mol. The van der Waals surface area contributed by atoms with E-state index in [4.69, 9.17) is 0 Å². The Morgan fingerprint density at radius 1 is 1.36 bits per heavy atom. The number of hydrogen-bond acceptors (Lipinski definition) is 1. The second-order valence-electron chi connectivity index (χ2n) is 3.38. The predicted molar refractivity (Wildman–Crippen MR) is 55.6 cm³/mol. The lowest BCUT2D eigenvalue weighted by Gasteiger charge is -1.96. The smallest absolute Gasteiger partial charge is 0.199 e. The SMILES string of the molecule is CNCc1c(F)n(C)c2ccccc12. The van der Waals surface area contributed by atoms with E-state index in [-0.39, 0.29) is 5.95 Å². The maximum Gasteiger partial charge on any atom is 0.199 e. The maximum absolute atomic E-state index is 13.7. The van der Waals surface area contributed by atoms with E-state index in [1.165, 1.54) is 0 Å². The Morgan fingerprint density at radius 2 is 2.07 bits per heavy atom. The van der Waals surface area contributed by atoms with Gasteiger partial charge in [-0.2, -0.15) is 4.39 Å². The molecule has 1 heterocycles. The molecule has 1 N–H and O–H groups in total. The van der Waals surface area contributed by atoms with Crippen LogP contribution >= 0.6 is 0 Å². The monoisotopic (exact) mass is 192 g/mol. The van der Waals surface area contributed by atoms with E-state index in [2.05, 4.69) is 5.32 Å². The Balaban J connectivity index is 2.74. The highest BCUT2D eigenvalue weighted by Crippen LogP contribution is 2.23. The van der Waals surface area contributed by atoms with Gasteiger partial charge in [0.2, 0.25) is 0 Å². The van der Waals surface area contributed by atoms with Gasteiger partial charge in [-0.3, -0.25) is 0 Å². The minimum Gasteiger partial charge on any atom is -0.320 e. The summed E-state index contributed by atoms with van der Waals surface area (Å²) in [6.45, 7) is 0.563. The molecule has 0 unspecified atom stereocenters. The highest BCUT2D eigenvalue weighted by molar-refractivity contribution is 5.84. The summed E-state index contributed by atoms with van der Waals surface area (Å²) in [6.07, 6.45) is 0. The normalized spacial score (nSPS) is 11.1. The Morgan fingerprint density at radius 3 is 2.79 bits per heavy atom. The molecule has 0 spiro atoms. The van der Waals surface area contributed by atoms with Crippen molar-refractivity contribution in [3.05, 3.63) is 35.8 Å². The first-order valence-corrected chi connectivity index (χ1v) is 4.62. The first-order chi connectivity index (χ1) is 6.75. The molecule has 0 aliphatic heterocycles. The Labute approximate surface area is 82.3 Å². The maximum atomic E-state index is 13.7. The van der Waals surface area contributed by atoms with E-state index in [0.717, 1.165) is 16.5 Å². The molecule has 2 nitrogen and oxygen atoms in total. The molecule has 0 saturated carbocycles. The van der Waals surface area contributed by atoms with Gasteiger partial charge in [-0.05, 0) is 13.1 Å². The summed E-state index contributed by atoms with van der Waals surface area (Å²) in [6, 6.07) is 7.73. The number of para-hydroxylation sites is 1. The van der Waals surface area contributed by atoms with E-state index in [9.17, 15) is 4.39 Å². The average molecular weight is 192 g/mol. The third kappa shape index (κ3) is 1.21. The predicted octanol–water partition coefficient (Wildman–Crippen LogP) is 2.04. The van der Waals surface area contributed by atoms with E-state index in [0.29, 0.717) is 6.54 Å². The zero-order valence-electron chi connectivity index (χ0n) is 8.34. The van der Waals surface area contributed by atoms with Crippen LogP contribution < -0.4 is 5.32 Å². The van der Waals surface area contributed by atoms with Crippen LogP contribution in [0.25, 0.3) is 10.9 Å². The highest BCUT2D eigenvalue weighted by atomic mass is 19.1. The van der Waals surface area contributed by atoms with Crippen LogP contribution in [0.1, 0.15) is 5.56 Å². The van der Waals surface area contributed by atoms with Gasteiger partial charge in [0, 0.05) is 24.5 Å². The lowest BCUT2D eigenvalue weighted by atomic mass is 10.2. The summed E-state index contributed by atoms with van der Waals surface area (Å²) in [5.41, 5.74) is 1.68. The number of halogens is 1. The molecule has 2 rings (SSSR count). The van der Waals surface area contributed by atoms with Gasteiger partial charge in [-0.1, -0.05) is 18.2 Å². The van der Waals surface area contributed by atoms with Crippen molar-refractivity contribution in [2.45, 2.75) is 6.54 Å². The molecule has 14 heavy (non-hydrogen) atoms. The number of nitrogens with zero attached hydrogens (tertiary/aromatic N) is 1. The van der Waals surface area contributed by atoms with Gasteiger partial charge in [0.1, 0.15) is 0 Å². The third-order valence-corrected chi connectivity index (χ3v) is 2.49. The summed E-state index contributed by atoms with van der Waals surface area (Å²) < 4.78 is 15.3. The molecule has 0 saturated heterocycles. The van der Waals surface area contributed by atoms with Crippen molar-refractivity contribution in [3.8, 4) is 0 Å². The minimum absolute atomic E-state index is 0.152. The number of rotatable bonds is 2. The molecule has 0 atom stereocenters. The second-order valence-corrected chi connectivity index (χ2v) is 3.38. The Hall–Kier alpha value is -1.35. The number of hydrogen-bond donors (Lipinski definition) is 1. The number of benzene rings is 1. The fourth-order valence-corrected chi connectivity index (χ4v) is 1.79. The van der Waals surface area contributed by atoms with Gasteiger partial charge in [0.15, 0.2) is 5.95 Å². The van der Waals surface area contributed by atoms with Gasteiger partial charge in [-0.15, -0.1) is 0 Å². The summed E-state index contributed by atoms with van der Waals surface area (Å²) >= 11 is 0. The molecule has 74 valence electrons. The molecule has 3 heteroatoms. The molecule has 1 aromatic carbocycles. The highest BCUT2D eigenvalue weighted by Gasteiger charge is 2.12. The van der Waals surface area contributed by atoms with Gasteiger partial charge >= 0.3 is 0 Å². The summed E-state index contributed by atoms with van der Waals surface area (Å²) in [4.78, 5) is 0. The van der Waals surface area contributed by atoms with Gasteiger partial charge in [0.05, 0.1) is 5.52 Å². The molecule has 1 aromatic heterocycles. The molecule has 0 bridgehead atoms. The van der Waals surface area contributed by atoms with Crippen molar-refractivity contribution in [2.24, 2.45) is 7.05 Å². The zero-order chi connectivity index (χ0) is 10.1. The van der Waals surface area contributed by atoms with Crippen molar-refractivity contribution < 1.29 is 4.39 Å². The molecule has 0 radical (unpaired) electrons. The van der Waals surface area contributed by atoms with Crippen molar-refractivity contribution in [3.63, 3.8) is 0 Å². The summed E-state index contributed by atoms with van der Waals surface area (Å²) in [7, 11) is 3.57. The lowest BCUT2D eigenvalue weighted by Crippen LogP contribution is -2.06. The minimum atomic E-state index is -0.152. The quantitative estimate of drug-likeness (QED) is 0.770. The molecule has 0 aliphatic rings. The van der Waals surface area contributed by atoms with Crippen LogP contribution in [0.2, 0.25) is 0 Å². The van der Waals surface area contributed by atoms with Crippen molar-refractivity contribution in [1.82, 2.24) is 9.88 Å². The van der Waals surface area contributed by atoms with Crippen molar-refractivity contribution >= 4 is 10.9 Å². The van der Waals surface area contributed by atoms with Crippen LogP contribution in [-0.4, -0.2) is 11.6 Å². The second kappa shape index (κ2) is 3.42. The van der Waals surface area contributed by atoms with E-state index in [1.54, 1.807) is 11.6 Å². The number of fused-ring (bicyclic) bond motifs is 1. The first kappa shape index (κ1) is 9.21. The average Bonchev–Trinajstić information content (AvgIpc) is 2.45. The first-order valence-electron chi connectivity index (χ1n) is 4.62. The van der Waals surface area contributed by atoms with Crippen LogP contribution in [0.15, 0.2) is 24.3 Å². The Kier molecular flexibility index (Phi) is 2.25. The number of aromatic nitrogens is 1. The van der Waals surface area contributed by atoms with E-state index < -0.39 is 0 Å². The lowest BCUT2D eigenvalue weighted by molar-refractivity contribution is 0.525. The molecule has 0 aliphatic carbocycles. The van der Waals surface area contributed by atoms with Crippen LogP contribution in [0, 0.1) is 5.95 Å². The summed E-state index contributed by atoms with van der Waals surface area (Å²) in [5, 5.41) is 3.96. The van der Waals surface area contributed by atoms with Crippen molar-refractivity contribution in [2.75, 3.05) is 7.05 Å².